The third kappa shape index (κ3) is 2.66. The fourth-order valence-electron chi connectivity index (χ4n) is 2.72. The number of hydrogen-bond donors (Lipinski definition) is 3. The molecule has 1 fully saturated rings. The van der Waals surface area contributed by atoms with Crippen LogP contribution in [0.2, 0.25) is 0 Å². The van der Waals surface area contributed by atoms with Crippen molar-refractivity contribution in [2.24, 2.45) is 11.8 Å². The Kier molecular flexibility index (Phi) is 3.66. The summed E-state index contributed by atoms with van der Waals surface area (Å²) >= 11 is 0. The van der Waals surface area contributed by atoms with Crippen molar-refractivity contribution in [3.05, 3.63) is 23.8 Å². The standard InChI is InChI=1S/C14H19NO4/c1-8-6-15(7-12(8)14(18)19)9(2)11-4-3-10(16)5-13(11)17/h3-5,8-9,12,16-17H,6-7H2,1-2H3,(H,18,19). The number of rotatable bonds is 3. The fourth-order valence-corrected chi connectivity index (χ4v) is 2.72. The Morgan fingerprint density at radius 1 is 1.37 bits per heavy atom. The van der Waals surface area contributed by atoms with Gasteiger partial charge in [0.2, 0.25) is 0 Å². The minimum Gasteiger partial charge on any atom is -0.508 e. The van der Waals surface area contributed by atoms with E-state index < -0.39 is 5.97 Å². The van der Waals surface area contributed by atoms with E-state index in [1.807, 2.05) is 13.8 Å². The zero-order chi connectivity index (χ0) is 14.2. The quantitative estimate of drug-likeness (QED) is 0.776. The molecule has 0 aliphatic carbocycles. The highest BCUT2D eigenvalue weighted by molar-refractivity contribution is 5.71. The average molecular weight is 265 g/mol. The predicted molar refractivity (Wildman–Crippen MR) is 70.0 cm³/mol. The summed E-state index contributed by atoms with van der Waals surface area (Å²) in [7, 11) is 0. The van der Waals surface area contributed by atoms with E-state index in [-0.39, 0.29) is 29.4 Å². The number of phenols is 2. The number of aromatic hydroxyl groups is 2. The number of aliphatic carboxylic acids is 1. The molecule has 1 aliphatic heterocycles. The highest BCUT2D eigenvalue weighted by atomic mass is 16.4. The number of carboxylic acid groups (broad SMARTS) is 1. The zero-order valence-corrected chi connectivity index (χ0v) is 11.1. The molecule has 0 spiro atoms. The van der Waals surface area contributed by atoms with Crippen LogP contribution in [0.3, 0.4) is 0 Å². The summed E-state index contributed by atoms with van der Waals surface area (Å²) in [6.07, 6.45) is 0. The minimum atomic E-state index is -0.767. The average Bonchev–Trinajstić information content (AvgIpc) is 2.70. The molecule has 3 atom stereocenters. The van der Waals surface area contributed by atoms with Crippen LogP contribution in [0.25, 0.3) is 0 Å². The Labute approximate surface area is 112 Å². The van der Waals surface area contributed by atoms with Crippen LogP contribution in [0.15, 0.2) is 18.2 Å². The van der Waals surface area contributed by atoms with Gasteiger partial charge in [0.25, 0.3) is 0 Å². The van der Waals surface area contributed by atoms with Gasteiger partial charge in [-0.05, 0) is 18.9 Å². The molecule has 0 saturated carbocycles. The van der Waals surface area contributed by atoms with Crippen LogP contribution < -0.4 is 0 Å². The maximum Gasteiger partial charge on any atom is 0.308 e. The number of likely N-dealkylation sites (tertiary alicyclic amines) is 1. The van der Waals surface area contributed by atoms with Crippen molar-refractivity contribution in [3.63, 3.8) is 0 Å². The summed E-state index contributed by atoms with van der Waals surface area (Å²) < 4.78 is 0. The van der Waals surface area contributed by atoms with Crippen LogP contribution in [0.4, 0.5) is 0 Å². The van der Waals surface area contributed by atoms with Gasteiger partial charge >= 0.3 is 5.97 Å². The Bertz CT molecular complexity index is 488. The molecule has 3 N–H and O–H groups in total. The van der Waals surface area contributed by atoms with E-state index in [0.29, 0.717) is 18.7 Å². The van der Waals surface area contributed by atoms with E-state index >= 15 is 0 Å². The van der Waals surface area contributed by atoms with Gasteiger partial charge in [0.1, 0.15) is 11.5 Å². The van der Waals surface area contributed by atoms with Crippen LogP contribution >= 0.6 is 0 Å². The molecule has 1 aliphatic rings. The lowest BCUT2D eigenvalue weighted by Crippen LogP contribution is -2.26. The number of phenolic OH excluding ortho intramolecular Hbond substituents is 2. The van der Waals surface area contributed by atoms with Crippen molar-refractivity contribution >= 4 is 5.97 Å². The smallest absolute Gasteiger partial charge is 0.308 e. The van der Waals surface area contributed by atoms with Crippen LogP contribution in [-0.4, -0.2) is 39.3 Å². The molecular weight excluding hydrogens is 246 g/mol. The molecule has 5 heteroatoms. The topological polar surface area (TPSA) is 81.0 Å². The maximum absolute atomic E-state index is 11.1. The molecule has 0 radical (unpaired) electrons. The molecule has 3 unspecified atom stereocenters. The van der Waals surface area contributed by atoms with Crippen molar-refractivity contribution < 1.29 is 20.1 Å². The normalized spacial score (nSPS) is 25.4. The third-order valence-corrected chi connectivity index (χ3v) is 3.97. The van der Waals surface area contributed by atoms with Gasteiger partial charge in [0.05, 0.1) is 5.92 Å². The van der Waals surface area contributed by atoms with Crippen molar-refractivity contribution in [3.8, 4) is 11.5 Å². The van der Waals surface area contributed by atoms with Gasteiger partial charge in [0.15, 0.2) is 0 Å². The molecule has 19 heavy (non-hydrogen) atoms. The van der Waals surface area contributed by atoms with Crippen LogP contribution in [-0.2, 0) is 4.79 Å². The zero-order valence-electron chi connectivity index (χ0n) is 11.1. The Morgan fingerprint density at radius 2 is 2.05 bits per heavy atom. The molecule has 1 aromatic rings. The van der Waals surface area contributed by atoms with Gasteiger partial charge in [-0.1, -0.05) is 13.0 Å². The monoisotopic (exact) mass is 265 g/mol. The second-order valence-electron chi connectivity index (χ2n) is 5.30. The summed E-state index contributed by atoms with van der Waals surface area (Å²) in [5, 5.41) is 28.3. The first-order valence-electron chi connectivity index (χ1n) is 6.39. The second-order valence-corrected chi connectivity index (χ2v) is 5.30. The molecule has 1 saturated heterocycles. The van der Waals surface area contributed by atoms with E-state index in [1.165, 1.54) is 12.1 Å². The largest absolute Gasteiger partial charge is 0.508 e. The molecule has 1 heterocycles. The Balaban J connectivity index is 2.17. The Hall–Kier alpha value is -1.75. The number of benzene rings is 1. The van der Waals surface area contributed by atoms with Crippen molar-refractivity contribution in [2.45, 2.75) is 19.9 Å². The molecule has 104 valence electrons. The molecule has 0 amide bonds. The fraction of sp³-hybridized carbons (Fsp3) is 0.500. The van der Waals surface area contributed by atoms with Gasteiger partial charge in [-0.15, -0.1) is 0 Å². The highest BCUT2D eigenvalue weighted by Crippen LogP contribution is 2.35. The van der Waals surface area contributed by atoms with Gasteiger partial charge in [-0.3, -0.25) is 9.69 Å². The first-order chi connectivity index (χ1) is 8.90. The lowest BCUT2D eigenvalue weighted by molar-refractivity contribution is -0.142. The number of carbonyl (C=O) groups is 1. The second kappa shape index (κ2) is 5.09. The van der Waals surface area contributed by atoms with Gasteiger partial charge < -0.3 is 15.3 Å². The van der Waals surface area contributed by atoms with Gasteiger partial charge in [-0.2, -0.15) is 0 Å². The molecule has 0 aromatic heterocycles. The van der Waals surface area contributed by atoms with Crippen molar-refractivity contribution in [1.29, 1.82) is 0 Å². The summed E-state index contributed by atoms with van der Waals surface area (Å²) in [6.45, 7) is 5.04. The van der Waals surface area contributed by atoms with E-state index in [0.717, 1.165) is 0 Å². The molecule has 2 rings (SSSR count). The Morgan fingerprint density at radius 3 is 2.58 bits per heavy atom. The first kappa shape index (κ1) is 13.7. The van der Waals surface area contributed by atoms with E-state index in [9.17, 15) is 15.0 Å². The SMILES string of the molecule is CC1CN(C(C)c2ccc(O)cc2O)CC1C(=O)O. The van der Waals surface area contributed by atoms with Crippen molar-refractivity contribution in [1.82, 2.24) is 4.90 Å². The van der Waals surface area contributed by atoms with Crippen LogP contribution in [0.5, 0.6) is 11.5 Å². The third-order valence-electron chi connectivity index (χ3n) is 3.97. The molecule has 1 aromatic carbocycles. The van der Waals surface area contributed by atoms with Crippen LogP contribution in [0.1, 0.15) is 25.5 Å². The molecule has 0 bridgehead atoms. The maximum atomic E-state index is 11.1. The number of hydrogen-bond acceptors (Lipinski definition) is 4. The van der Waals surface area contributed by atoms with Crippen LogP contribution in [0, 0.1) is 11.8 Å². The van der Waals surface area contributed by atoms with Gasteiger partial charge in [-0.25, -0.2) is 0 Å². The summed E-state index contributed by atoms with van der Waals surface area (Å²) in [5.41, 5.74) is 0.705. The van der Waals surface area contributed by atoms with Gasteiger partial charge in [0, 0.05) is 30.8 Å². The highest BCUT2D eigenvalue weighted by Gasteiger charge is 2.37. The minimum absolute atomic E-state index is 0.0200. The molecule has 5 nitrogen and oxygen atoms in total. The summed E-state index contributed by atoms with van der Waals surface area (Å²) in [5.74, 6) is -0.969. The molecular formula is C14H19NO4. The van der Waals surface area contributed by atoms with E-state index in [2.05, 4.69) is 4.90 Å². The number of carboxylic acids is 1. The van der Waals surface area contributed by atoms with E-state index in [1.54, 1.807) is 6.07 Å². The lowest BCUT2D eigenvalue weighted by Gasteiger charge is -2.25. The summed E-state index contributed by atoms with van der Waals surface area (Å²) in [4.78, 5) is 13.2. The number of nitrogens with zero attached hydrogens (tertiary/aromatic N) is 1. The summed E-state index contributed by atoms with van der Waals surface area (Å²) in [6, 6.07) is 4.43. The predicted octanol–water partition coefficient (Wildman–Crippen LogP) is 1.81. The lowest BCUT2D eigenvalue weighted by atomic mass is 9.99. The van der Waals surface area contributed by atoms with E-state index in [4.69, 9.17) is 5.11 Å². The first-order valence-corrected chi connectivity index (χ1v) is 6.39. The van der Waals surface area contributed by atoms with Crippen molar-refractivity contribution in [2.75, 3.05) is 13.1 Å².